The summed E-state index contributed by atoms with van der Waals surface area (Å²) in [4.78, 5) is 24.1. The first-order chi connectivity index (χ1) is 20.1. The number of aliphatic imine (C=N–C) groups is 1. The van der Waals surface area contributed by atoms with Gasteiger partial charge < -0.3 is 26.0 Å². The Kier molecular flexibility index (Phi) is 6.92. The van der Waals surface area contributed by atoms with Gasteiger partial charge >= 0.3 is 0 Å². The molecule has 0 bridgehead atoms. The molecule has 4 aliphatic rings. The molecular formula is C33H36N6O2. The minimum Gasteiger partial charge on any atom is -0.382 e. The molecule has 4 N–H and O–H groups in total. The fraction of sp³-hybridized carbons (Fsp3) is 0.364. The maximum absolute atomic E-state index is 12.4. The Morgan fingerprint density at radius 3 is 2.66 bits per heavy atom. The van der Waals surface area contributed by atoms with Gasteiger partial charge in [0.25, 0.3) is 0 Å². The number of fused-ring (bicyclic) bond motifs is 2. The number of hydrogen-bond donors (Lipinski definition) is 3. The number of hydrogen-bond acceptors (Lipinski definition) is 7. The molecule has 0 spiro atoms. The number of aromatic nitrogens is 1. The first-order valence-corrected chi connectivity index (χ1v) is 14.8. The quantitative estimate of drug-likeness (QED) is 0.416. The maximum Gasteiger partial charge on any atom is 0.225 e. The minimum absolute atomic E-state index is 0.0187. The predicted octanol–water partition coefficient (Wildman–Crippen LogP) is 4.60. The molecular weight excluding hydrogens is 512 g/mol. The molecule has 7 rings (SSSR count). The summed E-state index contributed by atoms with van der Waals surface area (Å²) in [7, 11) is 0. The van der Waals surface area contributed by atoms with Crippen molar-refractivity contribution in [2.24, 2.45) is 28.5 Å². The number of benzene rings is 2. The van der Waals surface area contributed by atoms with Crippen LogP contribution in [-0.4, -0.2) is 47.6 Å². The molecule has 1 aromatic heterocycles. The molecule has 2 atom stereocenters. The number of amidine groups is 1. The summed E-state index contributed by atoms with van der Waals surface area (Å²) in [5.41, 5.74) is 12.5. The van der Waals surface area contributed by atoms with Gasteiger partial charge in [-0.1, -0.05) is 48.5 Å². The number of carbonyl (C=O) groups excluding carboxylic acids is 1. The van der Waals surface area contributed by atoms with E-state index in [2.05, 4.69) is 63.0 Å². The zero-order chi connectivity index (χ0) is 27.8. The topological polar surface area (TPSA) is 105 Å². The van der Waals surface area contributed by atoms with Gasteiger partial charge in [-0.05, 0) is 56.1 Å². The standard InChI is InChI=1S/C33H36N6O2/c34-31-30-29(25-11-10-23-12-13-27(37-28(23)18-25)22-4-2-1-3-5-22)38-32(39(30)16-15-35-31)24-8-6-21(7-9-24)19-36-33(40)26-14-17-41-20-26/h1-5,10-13,15-16,18,21,24,26,32,38H,6-9,14,17,19-20H2,(H2,34,35)(H,36,40)/t21-,24-,26?,32?. The summed E-state index contributed by atoms with van der Waals surface area (Å²) in [6.45, 7) is 2.01. The molecule has 8 nitrogen and oxygen atoms in total. The fourth-order valence-corrected chi connectivity index (χ4v) is 6.67. The van der Waals surface area contributed by atoms with Crippen molar-refractivity contribution in [3.63, 3.8) is 0 Å². The zero-order valence-corrected chi connectivity index (χ0v) is 23.1. The number of ether oxygens (including phenoxy) is 1. The van der Waals surface area contributed by atoms with Crippen LogP contribution in [0.15, 0.2) is 83.8 Å². The Balaban J connectivity index is 1.08. The second-order valence-electron chi connectivity index (χ2n) is 11.6. The van der Waals surface area contributed by atoms with Crippen LogP contribution >= 0.6 is 0 Å². The monoisotopic (exact) mass is 548 g/mol. The second-order valence-corrected chi connectivity index (χ2v) is 11.6. The molecule has 1 saturated heterocycles. The molecule has 41 heavy (non-hydrogen) atoms. The fourth-order valence-electron chi connectivity index (χ4n) is 6.67. The zero-order valence-electron chi connectivity index (χ0n) is 23.1. The summed E-state index contributed by atoms with van der Waals surface area (Å²) in [6, 6.07) is 20.9. The van der Waals surface area contributed by atoms with E-state index < -0.39 is 0 Å². The van der Waals surface area contributed by atoms with Crippen molar-refractivity contribution >= 4 is 28.3 Å². The largest absolute Gasteiger partial charge is 0.382 e. The summed E-state index contributed by atoms with van der Waals surface area (Å²) in [5, 5.41) is 8.13. The van der Waals surface area contributed by atoms with Crippen molar-refractivity contribution < 1.29 is 9.53 Å². The van der Waals surface area contributed by atoms with Crippen LogP contribution in [0, 0.1) is 17.8 Å². The molecule has 2 aromatic carbocycles. The maximum atomic E-state index is 12.4. The number of nitrogens with two attached hydrogens (primary N) is 1. The van der Waals surface area contributed by atoms with Gasteiger partial charge in [0.1, 0.15) is 17.7 Å². The van der Waals surface area contributed by atoms with Crippen LogP contribution in [-0.2, 0) is 9.53 Å². The third-order valence-electron chi connectivity index (χ3n) is 9.02. The third-order valence-corrected chi connectivity index (χ3v) is 9.02. The molecule has 3 aliphatic heterocycles. The first kappa shape index (κ1) is 25.8. The lowest BCUT2D eigenvalue weighted by atomic mass is 9.80. The lowest BCUT2D eigenvalue weighted by Crippen LogP contribution is -2.45. The number of nitrogens with one attached hydrogen (secondary N) is 2. The molecule has 2 unspecified atom stereocenters. The normalized spacial score (nSPS) is 25.7. The highest BCUT2D eigenvalue weighted by molar-refractivity contribution is 6.05. The van der Waals surface area contributed by atoms with Crippen molar-refractivity contribution in [2.75, 3.05) is 19.8 Å². The number of amides is 1. The molecule has 3 aromatic rings. The van der Waals surface area contributed by atoms with Crippen LogP contribution in [0.4, 0.5) is 0 Å². The van der Waals surface area contributed by atoms with E-state index in [-0.39, 0.29) is 18.0 Å². The van der Waals surface area contributed by atoms with E-state index in [1.807, 2.05) is 24.4 Å². The molecule has 1 saturated carbocycles. The number of pyridine rings is 1. The van der Waals surface area contributed by atoms with Crippen molar-refractivity contribution in [3.05, 3.63) is 84.3 Å². The third kappa shape index (κ3) is 5.08. The lowest BCUT2D eigenvalue weighted by Gasteiger charge is -2.37. The van der Waals surface area contributed by atoms with Gasteiger partial charge in [-0.15, -0.1) is 0 Å². The Hall–Kier alpha value is -4.17. The predicted molar refractivity (Wildman–Crippen MR) is 161 cm³/mol. The van der Waals surface area contributed by atoms with Crippen LogP contribution in [0.2, 0.25) is 0 Å². The van der Waals surface area contributed by atoms with Crippen molar-refractivity contribution in [1.29, 1.82) is 0 Å². The van der Waals surface area contributed by atoms with Crippen LogP contribution < -0.4 is 16.4 Å². The molecule has 0 radical (unpaired) electrons. The molecule has 8 heteroatoms. The number of carbonyl (C=O) groups is 1. The summed E-state index contributed by atoms with van der Waals surface area (Å²) >= 11 is 0. The highest BCUT2D eigenvalue weighted by atomic mass is 16.5. The van der Waals surface area contributed by atoms with Crippen LogP contribution in [0.1, 0.15) is 37.7 Å². The van der Waals surface area contributed by atoms with Crippen molar-refractivity contribution in [3.8, 4) is 11.3 Å². The van der Waals surface area contributed by atoms with Crippen molar-refractivity contribution in [2.45, 2.75) is 38.3 Å². The SMILES string of the molecule is NC1=NC=CN2C1=C(c1ccc3ccc(-c4ccccc4)nc3c1)NC2[C@H]1CC[C@H](CNC(=O)C2CCOC2)CC1. The highest BCUT2D eigenvalue weighted by Crippen LogP contribution is 2.39. The molecule has 1 amide bonds. The van der Waals surface area contributed by atoms with E-state index in [0.29, 0.717) is 30.9 Å². The first-order valence-electron chi connectivity index (χ1n) is 14.8. The van der Waals surface area contributed by atoms with Gasteiger partial charge in [0.2, 0.25) is 5.91 Å². The van der Waals surface area contributed by atoms with Gasteiger partial charge in [0, 0.05) is 42.1 Å². The van der Waals surface area contributed by atoms with Gasteiger partial charge in [-0.2, -0.15) is 0 Å². The van der Waals surface area contributed by atoms with E-state index in [4.69, 9.17) is 15.5 Å². The van der Waals surface area contributed by atoms with Crippen LogP contribution in [0.25, 0.3) is 27.9 Å². The van der Waals surface area contributed by atoms with E-state index in [1.54, 1.807) is 6.20 Å². The highest BCUT2D eigenvalue weighted by Gasteiger charge is 2.40. The van der Waals surface area contributed by atoms with Gasteiger partial charge in [-0.25, -0.2) is 9.98 Å². The van der Waals surface area contributed by atoms with Crippen molar-refractivity contribution in [1.82, 2.24) is 20.5 Å². The Morgan fingerprint density at radius 2 is 1.85 bits per heavy atom. The van der Waals surface area contributed by atoms with E-state index >= 15 is 0 Å². The number of rotatable bonds is 6. The summed E-state index contributed by atoms with van der Waals surface area (Å²) in [5.74, 6) is 1.66. The van der Waals surface area contributed by atoms with Gasteiger partial charge in [-0.3, -0.25) is 4.79 Å². The Morgan fingerprint density at radius 1 is 1.02 bits per heavy atom. The average Bonchev–Trinajstić information content (AvgIpc) is 3.70. The van der Waals surface area contributed by atoms with Crippen LogP contribution in [0.3, 0.4) is 0 Å². The van der Waals surface area contributed by atoms with Gasteiger partial charge in [0.05, 0.1) is 29.4 Å². The smallest absolute Gasteiger partial charge is 0.225 e. The number of nitrogens with zero attached hydrogens (tertiary/aromatic N) is 3. The summed E-state index contributed by atoms with van der Waals surface area (Å²) < 4.78 is 5.37. The molecule has 2 fully saturated rings. The van der Waals surface area contributed by atoms with E-state index in [1.165, 1.54) is 0 Å². The molecule has 4 heterocycles. The minimum atomic E-state index is 0.0187. The van der Waals surface area contributed by atoms with Crippen LogP contribution in [0.5, 0.6) is 0 Å². The summed E-state index contributed by atoms with van der Waals surface area (Å²) in [6.07, 6.45) is 9.14. The molecule has 1 aliphatic carbocycles. The lowest BCUT2D eigenvalue weighted by molar-refractivity contribution is -0.125. The van der Waals surface area contributed by atoms with Gasteiger partial charge in [0.15, 0.2) is 0 Å². The second kappa shape index (κ2) is 11.0. The average molecular weight is 549 g/mol. The van der Waals surface area contributed by atoms with E-state index in [0.717, 1.165) is 77.8 Å². The Labute approximate surface area is 240 Å². The van der Waals surface area contributed by atoms with E-state index in [9.17, 15) is 4.79 Å². The molecule has 210 valence electrons. The Bertz CT molecular complexity index is 1530.